The fourth-order valence-electron chi connectivity index (χ4n) is 3.35. The van der Waals surface area contributed by atoms with Gasteiger partial charge in [0.2, 0.25) is 6.39 Å². The Morgan fingerprint density at radius 3 is 2.68 bits per heavy atom. The number of aromatic hydroxyl groups is 1. The maximum absolute atomic E-state index is 13.0. The second-order valence-corrected chi connectivity index (χ2v) is 6.87. The molecule has 1 aliphatic rings. The van der Waals surface area contributed by atoms with Crippen LogP contribution in [0.15, 0.2) is 10.9 Å². The lowest BCUT2D eigenvalue weighted by Gasteiger charge is -2.38. The monoisotopic (exact) mass is 345 g/mol. The third-order valence-electron chi connectivity index (χ3n) is 5.10. The number of carbonyl (C=O) groups is 1. The SMILES string of the molecule is Cc1c(C)c2c(c(C)c1O)CC[C@@](C)(C(=O)N(C)Cc1ncon1)O2. The van der Waals surface area contributed by atoms with Gasteiger partial charge in [0.05, 0.1) is 6.54 Å². The summed E-state index contributed by atoms with van der Waals surface area (Å²) < 4.78 is 10.9. The molecule has 134 valence electrons. The Morgan fingerprint density at radius 1 is 1.32 bits per heavy atom. The topological polar surface area (TPSA) is 88.7 Å². The largest absolute Gasteiger partial charge is 0.507 e. The van der Waals surface area contributed by atoms with Crippen molar-refractivity contribution in [2.45, 2.75) is 52.7 Å². The van der Waals surface area contributed by atoms with Crippen LogP contribution in [0.5, 0.6) is 11.5 Å². The van der Waals surface area contributed by atoms with Gasteiger partial charge in [0.15, 0.2) is 11.4 Å². The number of ether oxygens (including phenoxy) is 1. The Balaban J connectivity index is 1.89. The molecule has 1 amide bonds. The minimum Gasteiger partial charge on any atom is -0.507 e. The minimum absolute atomic E-state index is 0.134. The summed E-state index contributed by atoms with van der Waals surface area (Å²) in [5, 5.41) is 14.0. The average molecular weight is 345 g/mol. The van der Waals surface area contributed by atoms with Gasteiger partial charge in [-0.3, -0.25) is 4.79 Å². The first kappa shape index (κ1) is 17.3. The van der Waals surface area contributed by atoms with Crippen LogP contribution in [0.3, 0.4) is 0 Å². The quantitative estimate of drug-likeness (QED) is 0.919. The standard InChI is InChI=1S/C18H23N3O4/c1-10-11(2)16-13(12(3)15(10)22)6-7-18(4,25-16)17(23)21(5)8-14-19-9-24-20-14/h9,22H,6-8H2,1-5H3/t18-/m0/s1. The molecular formula is C18H23N3O4. The lowest BCUT2D eigenvalue weighted by molar-refractivity contribution is -0.147. The Labute approximate surface area is 146 Å². The van der Waals surface area contributed by atoms with Gasteiger partial charge in [0.25, 0.3) is 5.91 Å². The van der Waals surface area contributed by atoms with E-state index in [4.69, 9.17) is 9.26 Å². The van der Waals surface area contributed by atoms with E-state index < -0.39 is 5.60 Å². The number of hydrogen-bond acceptors (Lipinski definition) is 6. The Kier molecular flexibility index (Phi) is 4.18. The molecule has 1 aromatic carbocycles. The highest BCUT2D eigenvalue weighted by atomic mass is 16.5. The van der Waals surface area contributed by atoms with Crippen LogP contribution in [-0.4, -0.2) is 38.7 Å². The molecule has 0 spiro atoms. The molecule has 0 fully saturated rings. The number of carbonyl (C=O) groups excluding carboxylic acids is 1. The molecule has 0 radical (unpaired) electrons. The zero-order chi connectivity index (χ0) is 18.4. The number of phenolic OH excluding ortho intramolecular Hbond substituents is 1. The van der Waals surface area contributed by atoms with E-state index in [9.17, 15) is 9.90 Å². The van der Waals surface area contributed by atoms with Gasteiger partial charge < -0.3 is 19.3 Å². The summed E-state index contributed by atoms with van der Waals surface area (Å²) in [6.45, 7) is 7.72. The zero-order valence-corrected chi connectivity index (χ0v) is 15.2. The van der Waals surface area contributed by atoms with Gasteiger partial charge in [-0.1, -0.05) is 5.16 Å². The van der Waals surface area contributed by atoms with E-state index in [0.29, 0.717) is 30.2 Å². The van der Waals surface area contributed by atoms with E-state index in [2.05, 4.69) is 10.1 Å². The summed E-state index contributed by atoms with van der Waals surface area (Å²) in [4.78, 5) is 18.5. The van der Waals surface area contributed by atoms with Crippen LogP contribution >= 0.6 is 0 Å². The van der Waals surface area contributed by atoms with Crippen molar-refractivity contribution in [3.05, 3.63) is 34.5 Å². The van der Waals surface area contributed by atoms with Gasteiger partial charge in [-0.2, -0.15) is 4.98 Å². The Hall–Kier alpha value is -2.57. The predicted octanol–water partition coefficient (Wildman–Crippen LogP) is 2.44. The molecule has 2 heterocycles. The van der Waals surface area contributed by atoms with Gasteiger partial charge in [0, 0.05) is 19.0 Å². The van der Waals surface area contributed by atoms with Gasteiger partial charge in [-0.25, -0.2) is 0 Å². The van der Waals surface area contributed by atoms with Gasteiger partial charge in [-0.05, 0) is 50.8 Å². The number of nitrogens with zero attached hydrogens (tertiary/aromatic N) is 3. The third kappa shape index (κ3) is 2.83. The highest BCUT2D eigenvalue weighted by Gasteiger charge is 2.42. The molecule has 1 aliphatic heterocycles. The molecule has 0 saturated heterocycles. The van der Waals surface area contributed by atoms with Gasteiger partial charge in [-0.15, -0.1) is 0 Å². The van der Waals surface area contributed by atoms with Crippen LogP contribution in [0.4, 0.5) is 0 Å². The zero-order valence-electron chi connectivity index (χ0n) is 15.2. The number of likely N-dealkylation sites (N-methyl/N-ethyl adjacent to an activating group) is 1. The molecule has 2 aromatic rings. The highest BCUT2D eigenvalue weighted by molar-refractivity contribution is 5.85. The van der Waals surface area contributed by atoms with Crippen LogP contribution in [0.25, 0.3) is 0 Å². The van der Waals surface area contributed by atoms with Crippen LogP contribution in [0.2, 0.25) is 0 Å². The fourth-order valence-corrected chi connectivity index (χ4v) is 3.35. The lowest BCUT2D eigenvalue weighted by atomic mass is 9.86. The van der Waals surface area contributed by atoms with Crippen molar-refractivity contribution >= 4 is 5.91 Å². The average Bonchev–Trinajstić information content (AvgIpc) is 3.10. The molecule has 1 atom stereocenters. The summed E-state index contributed by atoms with van der Waals surface area (Å²) in [5.74, 6) is 1.33. The number of hydrogen-bond donors (Lipinski definition) is 1. The summed E-state index contributed by atoms with van der Waals surface area (Å²) in [6.07, 6.45) is 2.45. The van der Waals surface area contributed by atoms with E-state index in [-0.39, 0.29) is 12.5 Å². The molecule has 1 aromatic heterocycles. The second-order valence-electron chi connectivity index (χ2n) is 6.87. The predicted molar refractivity (Wildman–Crippen MR) is 90.4 cm³/mol. The first-order chi connectivity index (χ1) is 11.7. The van der Waals surface area contributed by atoms with Crippen LogP contribution < -0.4 is 4.74 Å². The molecule has 25 heavy (non-hydrogen) atoms. The van der Waals surface area contributed by atoms with E-state index in [1.807, 2.05) is 27.7 Å². The molecule has 0 aliphatic carbocycles. The number of rotatable bonds is 3. The maximum Gasteiger partial charge on any atom is 0.266 e. The summed E-state index contributed by atoms with van der Waals surface area (Å²) in [7, 11) is 1.70. The summed E-state index contributed by atoms with van der Waals surface area (Å²) in [6, 6.07) is 0. The number of aromatic nitrogens is 2. The van der Waals surface area contributed by atoms with Crippen molar-refractivity contribution < 1.29 is 19.2 Å². The molecule has 0 bridgehead atoms. The molecule has 0 unspecified atom stereocenters. The van der Waals surface area contributed by atoms with E-state index in [1.165, 1.54) is 6.39 Å². The third-order valence-corrected chi connectivity index (χ3v) is 5.10. The lowest BCUT2D eigenvalue weighted by Crippen LogP contribution is -2.51. The Morgan fingerprint density at radius 2 is 2.04 bits per heavy atom. The molecule has 1 N–H and O–H groups in total. The first-order valence-corrected chi connectivity index (χ1v) is 8.26. The first-order valence-electron chi connectivity index (χ1n) is 8.26. The van der Waals surface area contributed by atoms with E-state index in [0.717, 1.165) is 22.3 Å². The number of amides is 1. The fraction of sp³-hybridized carbons (Fsp3) is 0.500. The summed E-state index contributed by atoms with van der Waals surface area (Å²) in [5.41, 5.74) is 2.50. The molecular weight excluding hydrogens is 322 g/mol. The molecule has 7 heteroatoms. The van der Waals surface area contributed by atoms with E-state index >= 15 is 0 Å². The Bertz CT molecular complexity index is 816. The van der Waals surface area contributed by atoms with Crippen molar-refractivity contribution in [1.29, 1.82) is 0 Å². The molecule has 0 saturated carbocycles. The molecule has 3 rings (SSSR count). The molecule has 7 nitrogen and oxygen atoms in total. The normalized spacial score (nSPS) is 19.2. The van der Waals surface area contributed by atoms with Gasteiger partial charge >= 0.3 is 0 Å². The maximum atomic E-state index is 13.0. The van der Waals surface area contributed by atoms with Crippen molar-refractivity contribution in [3.8, 4) is 11.5 Å². The van der Waals surface area contributed by atoms with Crippen LogP contribution in [-0.2, 0) is 17.8 Å². The highest BCUT2D eigenvalue weighted by Crippen LogP contribution is 2.43. The smallest absolute Gasteiger partial charge is 0.266 e. The number of phenols is 1. The van der Waals surface area contributed by atoms with Crippen molar-refractivity contribution in [2.24, 2.45) is 0 Å². The summed E-state index contributed by atoms with van der Waals surface area (Å²) >= 11 is 0. The van der Waals surface area contributed by atoms with E-state index in [1.54, 1.807) is 11.9 Å². The number of benzene rings is 1. The van der Waals surface area contributed by atoms with Crippen LogP contribution in [0, 0.1) is 20.8 Å². The van der Waals surface area contributed by atoms with Crippen LogP contribution in [0.1, 0.15) is 41.4 Å². The van der Waals surface area contributed by atoms with Crippen molar-refractivity contribution in [2.75, 3.05) is 7.05 Å². The van der Waals surface area contributed by atoms with Crippen molar-refractivity contribution in [1.82, 2.24) is 15.0 Å². The van der Waals surface area contributed by atoms with Gasteiger partial charge in [0.1, 0.15) is 11.5 Å². The number of fused-ring (bicyclic) bond motifs is 1. The minimum atomic E-state index is -0.966. The second kappa shape index (κ2) is 6.06. The van der Waals surface area contributed by atoms with Crippen molar-refractivity contribution in [3.63, 3.8) is 0 Å².